The number of rotatable bonds is 6. The average Bonchev–Trinajstić information content (AvgIpc) is 2.81. The molecule has 1 aromatic heterocycles. The van der Waals surface area contributed by atoms with Crippen LogP contribution < -0.4 is 10.1 Å². The van der Waals surface area contributed by atoms with Crippen molar-refractivity contribution in [2.75, 3.05) is 13.7 Å². The van der Waals surface area contributed by atoms with Gasteiger partial charge in [-0.05, 0) is 17.7 Å². The van der Waals surface area contributed by atoms with Crippen LogP contribution in [0, 0.1) is 0 Å². The first kappa shape index (κ1) is 12.6. The molecule has 1 N–H and O–H groups in total. The predicted molar refractivity (Wildman–Crippen MR) is 71.6 cm³/mol. The van der Waals surface area contributed by atoms with Gasteiger partial charge >= 0.3 is 0 Å². The molecular formula is C14H19N3O. The molecule has 4 heteroatoms. The van der Waals surface area contributed by atoms with Crippen molar-refractivity contribution in [3.8, 4) is 5.75 Å². The Labute approximate surface area is 108 Å². The lowest BCUT2D eigenvalue weighted by molar-refractivity contribution is 0.414. The van der Waals surface area contributed by atoms with Gasteiger partial charge in [0.05, 0.1) is 7.11 Å². The Hall–Kier alpha value is -1.81. The van der Waals surface area contributed by atoms with Gasteiger partial charge in [0.25, 0.3) is 0 Å². The number of aromatic nitrogens is 2. The smallest absolute Gasteiger partial charge is 0.118 e. The van der Waals surface area contributed by atoms with Crippen molar-refractivity contribution in [2.24, 2.45) is 7.05 Å². The van der Waals surface area contributed by atoms with E-state index in [1.54, 1.807) is 7.11 Å². The lowest BCUT2D eigenvalue weighted by Crippen LogP contribution is -2.18. The van der Waals surface area contributed by atoms with Crippen LogP contribution in [-0.4, -0.2) is 23.2 Å². The van der Waals surface area contributed by atoms with E-state index in [1.807, 2.05) is 31.6 Å². The first-order chi connectivity index (χ1) is 8.79. The highest BCUT2D eigenvalue weighted by Gasteiger charge is 1.98. The van der Waals surface area contributed by atoms with Gasteiger partial charge in [0.15, 0.2) is 0 Å². The van der Waals surface area contributed by atoms with Crippen LogP contribution in [0.25, 0.3) is 0 Å². The summed E-state index contributed by atoms with van der Waals surface area (Å²) < 4.78 is 7.18. The van der Waals surface area contributed by atoms with E-state index < -0.39 is 0 Å². The molecule has 0 aliphatic carbocycles. The van der Waals surface area contributed by atoms with E-state index in [-0.39, 0.29) is 0 Å². The first-order valence-corrected chi connectivity index (χ1v) is 6.09. The molecule has 18 heavy (non-hydrogen) atoms. The number of hydrogen-bond acceptors (Lipinski definition) is 3. The number of benzene rings is 1. The molecule has 0 unspecified atom stereocenters. The number of hydrogen-bond donors (Lipinski definition) is 1. The van der Waals surface area contributed by atoms with E-state index in [4.69, 9.17) is 4.74 Å². The Bertz CT molecular complexity index is 476. The third-order valence-electron chi connectivity index (χ3n) is 2.93. The minimum atomic E-state index is 0.869. The van der Waals surface area contributed by atoms with Crippen molar-refractivity contribution in [3.05, 3.63) is 48.0 Å². The van der Waals surface area contributed by atoms with Crippen LogP contribution in [0.1, 0.15) is 11.4 Å². The molecule has 2 aromatic rings. The second-order valence-corrected chi connectivity index (χ2v) is 4.23. The van der Waals surface area contributed by atoms with Gasteiger partial charge in [-0.3, -0.25) is 0 Å². The molecule has 0 amide bonds. The van der Waals surface area contributed by atoms with E-state index in [0.717, 1.165) is 31.1 Å². The zero-order chi connectivity index (χ0) is 12.8. The van der Waals surface area contributed by atoms with Crippen LogP contribution in [-0.2, 0) is 20.0 Å². The summed E-state index contributed by atoms with van der Waals surface area (Å²) in [4.78, 5) is 4.29. The highest BCUT2D eigenvalue weighted by Crippen LogP contribution is 2.10. The predicted octanol–water partition coefficient (Wildman–Crippen LogP) is 1.76. The topological polar surface area (TPSA) is 39.1 Å². The molecule has 2 rings (SSSR count). The molecule has 0 bridgehead atoms. The summed E-state index contributed by atoms with van der Waals surface area (Å²) >= 11 is 0. The van der Waals surface area contributed by atoms with Gasteiger partial charge in [0.2, 0.25) is 0 Å². The molecule has 1 aromatic carbocycles. The number of aryl methyl sites for hydroxylation is 1. The zero-order valence-electron chi connectivity index (χ0n) is 10.9. The van der Waals surface area contributed by atoms with Gasteiger partial charge in [-0.25, -0.2) is 4.98 Å². The standard InChI is InChI=1S/C14H19N3O/c1-17-10-9-16-14(17)7-8-15-11-12-3-5-13(18-2)6-4-12/h3-6,9-10,15H,7-8,11H2,1-2H3. The van der Waals surface area contributed by atoms with Crippen molar-refractivity contribution >= 4 is 0 Å². The van der Waals surface area contributed by atoms with Gasteiger partial charge < -0.3 is 14.6 Å². The Morgan fingerprint density at radius 3 is 2.67 bits per heavy atom. The molecule has 1 heterocycles. The van der Waals surface area contributed by atoms with E-state index in [1.165, 1.54) is 5.56 Å². The summed E-state index contributed by atoms with van der Waals surface area (Å²) in [5, 5.41) is 3.41. The third-order valence-corrected chi connectivity index (χ3v) is 2.93. The monoisotopic (exact) mass is 245 g/mol. The first-order valence-electron chi connectivity index (χ1n) is 6.09. The molecule has 0 saturated heterocycles. The average molecular weight is 245 g/mol. The lowest BCUT2D eigenvalue weighted by Gasteiger charge is -2.06. The maximum atomic E-state index is 5.13. The SMILES string of the molecule is COc1ccc(CNCCc2nccn2C)cc1. The highest BCUT2D eigenvalue weighted by molar-refractivity contribution is 5.26. The largest absolute Gasteiger partial charge is 0.497 e. The molecule has 0 spiro atoms. The van der Waals surface area contributed by atoms with E-state index in [9.17, 15) is 0 Å². The molecule has 0 saturated carbocycles. The molecule has 0 aliphatic rings. The number of ether oxygens (including phenoxy) is 1. The molecular weight excluding hydrogens is 226 g/mol. The lowest BCUT2D eigenvalue weighted by atomic mass is 10.2. The van der Waals surface area contributed by atoms with Crippen LogP contribution in [0.3, 0.4) is 0 Å². The molecule has 0 fully saturated rings. The number of nitrogens with one attached hydrogen (secondary N) is 1. The van der Waals surface area contributed by atoms with Crippen LogP contribution in [0.5, 0.6) is 5.75 Å². The minimum absolute atomic E-state index is 0.869. The second kappa shape index (κ2) is 6.21. The maximum Gasteiger partial charge on any atom is 0.118 e. The van der Waals surface area contributed by atoms with Crippen molar-refractivity contribution in [1.82, 2.24) is 14.9 Å². The fourth-order valence-corrected chi connectivity index (χ4v) is 1.81. The number of nitrogens with zero attached hydrogens (tertiary/aromatic N) is 2. The van der Waals surface area contributed by atoms with Gasteiger partial charge in [-0.2, -0.15) is 0 Å². The van der Waals surface area contributed by atoms with Crippen molar-refractivity contribution in [2.45, 2.75) is 13.0 Å². The van der Waals surface area contributed by atoms with E-state index in [0.29, 0.717) is 0 Å². The number of imidazole rings is 1. The Morgan fingerprint density at radius 2 is 2.06 bits per heavy atom. The van der Waals surface area contributed by atoms with Gasteiger partial charge in [0, 0.05) is 39.0 Å². The number of methoxy groups -OCH3 is 1. The summed E-state index contributed by atoms with van der Waals surface area (Å²) in [5.74, 6) is 2.00. The third kappa shape index (κ3) is 3.34. The van der Waals surface area contributed by atoms with Crippen LogP contribution in [0.2, 0.25) is 0 Å². The summed E-state index contributed by atoms with van der Waals surface area (Å²) in [7, 11) is 3.70. The van der Waals surface area contributed by atoms with Gasteiger partial charge in [0.1, 0.15) is 11.6 Å². The zero-order valence-corrected chi connectivity index (χ0v) is 10.9. The summed E-state index contributed by atoms with van der Waals surface area (Å²) in [6.07, 6.45) is 4.75. The van der Waals surface area contributed by atoms with Crippen molar-refractivity contribution in [3.63, 3.8) is 0 Å². The van der Waals surface area contributed by atoms with Crippen LogP contribution in [0.15, 0.2) is 36.7 Å². The summed E-state index contributed by atoms with van der Waals surface area (Å²) in [6.45, 7) is 1.80. The summed E-state index contributed by atoms with van der Waals surface area (Å²) in [6, 6.07) is 8.12. The van der Waals surface area contributed by atoms with Gasteiger partial charge in [-0.15, -0.1) is 0 Å². The Morgan fingerprint density at radius 1 is 1.28 bits per heavy atom. The summed E-state index contributed by atoms with van der Waals surface area (Å²) in [5.41, 5.74) is 1.26. The fraction of sp³-hybridized carbons (Fsp3) is 0.357. The molecule has 4 nitrogen and oxygen atoms in total. The Kier molecular flexibility index (Phi) is 4.36. The van der Waals surface area contributed by atoms with Crippen molar-refractivity contribution in [1.29, 1.82) is 0 Å². The van der Waals surface area contributed by atoms with Crippen LogP contribution >= 0.6 is 0 Å². The van der Waals surface area contributed by atoms with Gasteiger partial charge in [-0.1, -0.05) is 12.1 Å². The second-order valence-electron chi connectivity index (χ2n) is 4.23. The normalized spacial score (nSPS) is 10.6. The molecule has 0 atom stereocenters. The van der Waals surface area contributed by atoms with E-state index >= 15 is 0 Å². The maximum absolute atomic E-state index is 5.13. The molecule has 0 radical (unpaired) electrons. The molecule has 96 valence electrons. The molecule has 0 aliphatic heterocycles. The van der Waals surface area contributed by atoms with Crippen molar-refractivity contribution < 1.29 is 4.74 Å². The van der Waals surface area contributed by atoms with E-state index in [2.05, 4.69) is 27.0 Å². The quantitative estimate of drug-likeness (QED) is 0.788. The minimum Gasteiger partial charge on any atom is -0.497 e. The van der Waals surface area contributed by atoms with Crippen LogP contribution in [0.4, 0.5) is 0 Å². The fourth-order valence-electron chi connectivity index (χ4n) is 1.81. The Balaban J connectivity index is 1.73. The highest BCUT2D eigenvalue weighted by atomic mass is 16.5.